The van der Waals surface area contributed by atoms with E-state index < -0.39 is 137 Å². The highest BCUT2D eigenvalue weighted by Crippen LogP contribution is 2.34. The molecule has 0 spiro atoms. The minimum atomic E-state index is -2.76. The Morgan fingerprint density at radius 2 is 1.42 bits per heavy atom. The second-order valence-corrected chi connectivity index (χ2v) is 10.9. The molecule has 0 aliphatic carbocycles. The molecule has 1 amide bonds. The van der Waals surface area contributed by atoms with Gasteiger partial charge >= 0.3 is 5.97 Å². The number of aliphatic carboxylic acids is 1. The van der Waals surface area contributed by atoms with Crippen molar-refractivity contribution in [3.05, 3.63) is 0 Å². The van der Waals surface area contributed by atoms with Gasteiger partial charge in [-0.3, -0.25) is 4.79 Å². The molecule has 1 saturated heterocycles. The summed E-state index contributed by atoms with van der Waals surface area (Å²) in [4.78, 5) is 24.1. The normalized spacial score (nSPS) is 29.0. The summed E-state index contributed by atoms with van der Waals surface area (Å²) >= 11 is 0. The zero-order chi connectivity index (χ0) is 34.6. The van der Waals surface area contributed by atoms with E-state index in [0.717, 1.165) is 6.92 Å². The summed E-state index contributed by atoms with van der Waals surface area (Å²) in [6, 6.07) is -1.44. The van der Waals surface area contributed by atoms with Gasteiger partial charge in [0.15, 0.2) is 6.29 Å². The minimum absolute atomic E-state index is 0.631. The molecule has 0 radical (unpaired) electrons. The summed E-state index contributed by atoms with van der Waals surface area (Å²) in [5.41, 5.74) is 0. The van der Waals surface area contributed by atoms with E-state index in [9.17, 15) is 60.7 Å². The van der Waals surface area contributed by atoms with Gasteiger partial charge in [0.2, 0.25) is 5.91 Å². The van der Waals surface area contributed by atoms with Gasteiger partial charge in [0.1, 0.15) is 42.7 Å². The molecule has 0 saturated carbocycles. The number of ether oxygens (including phenoxy) is 5. The molecule has 0 bridgehead atoms. The predicted molar refractivity (Wildman–Crippen MR) is 147 cm³/mol. The molecule has 14 atom stereocenters. The van der Waals surface area contributed by atoms with Gasteiger partial charge in [-0.15, -0.1) is 0 Å². The number of rotatable bonds is 21. The van der Waals surface area contributed by atoms with E-state index in [1.807, 2.05) is 0 Å². The largest absolute Gasteiger partial charge is 0.477 e. The number of hydrogen-bond acceptors (Lipinski definition) is 17. The maximum Gasteiger partial charge on any atom is 0.364 e. The van der Waals surface area contributed by atoms with Crippen molar-refractivity contribution in [2.24, 2.45) is 0 Å². The fourth-order valence-corrected chi connectivity index (χ4v) is 4.37. The number of carboxylic acid groups (broad SMARTS) is 1. The molecule has 1 rings (SSSR count). The molecule has 266 valence electrons. The van der Waals surface area contributed by atoms with Crippen molar-refractivity contribution in [2.45, 2.75) is 119 Å². The van der Waals surface area contributed by atoms with Gasteiger partial charge in [-0.05, 0) is 20.8 Å². The molecule has 12 N–H and O–H groups in total. The Morgan fingerprint density at radius 1 is 0.844 bits per heavy atom. The van der Waals surface area contributed by atoms with E-state index in [2.05, 4.69) is 5.32 Å². The summed E-state index contributed by atoms with van der Waals surface area (Å²) in [6.45, 7) is 1.08. The molecule has 19 heteroatoms. The Labute approximate surface area is 259 Å². The van der Waals surface area contributed by atoms with Crippen LogP contribution in [0.4, 0.5) is 0 Å². The maximum atomic E-state index is 12.4. The third-order valence-electron chi connectivity index (χ3n) is 7.19. The zero-order valence-corrected chi connectivity index (χ0v) is 25.5. The van der Waals surface area contributed by atoms with Crippen LogP contribution in [0.5, 0.6) is 0 Å². The van der Waals surface area contributed by atoms with E-state index in [1.54, 1.807) is 0 Å². The molecular weight excluding hydrogens is 614 g/mol. The van der Waals surface area contributed by atoms with Gasteiger partial charge < -0.3 is 85.2 Å². The Bertz CT molecular complexity index is 883. The first-order chi connectivity index (χ1) is 21.0. The van der Waals surface area contributed by atoms with Crippen LogP contribution in [-0.4, -0.2) is 186 Å². The van der Waals surface area contributed by atoms with Gasteiger partial charge in [0.05, 0.1) is 63.5 Å². The number of aliphatic hydroxyl groups is 10. The summed E-state index contributed by atoms with van der Waals surface area (Å²) in [6.07, 6.45) is -19.3. The van der Waals surface area contributed by atoms with Crippen LogP contribution in [0.2, 0.25) is 0 Å². The number of nitrogens with one attached hydrogen (secondary N) is 1. The monoisotopic (exact) mass is 663 g/mol. The third-order valence-corrected chi connectivity index (χ3v) is 7.19. The molecular formula is C26H49NO18. The highest BCUT2D eigenvalue weighted by atomic mass is 16.7. The number of carbonyl (C=O) groups is 2. The van der Waals surface area contributed by atoms with Crippen molar-refractivity contribution >= 4 is 11.9 Å². The molecule has 0 aromatic heterocycles. The first-order valence-electron chi connectivity index (χ1n) is 14.3. The number of amides is 1. The minimum Gasteiger partial charge on any atom is -0.477 e. The maximum absolute atomic E-state index is 12.4. The molecule has 0 aromatic carbocycles. The van der Waals surface area contributed by atoms with E-state index >= 15 is 0 Å². The number of carbonyl (C=O) groups excluding carboxylic acids is 1. The molecule has 1 aliphatic rings. The summed E-state index contributed by atoms with van der Waals surface area (Å²) < 4.78 is 27.8. The standard InChI is InChI=1S/C26H49NO18/c1-11(32)20(44-24(18(37)8-30)43-13(3)19(9-31)42-12(2)16(35)6-28)10-41-26(25(39)40)5-15(34)21(27-14(4)33)23(45-26)22(38)17(36)7-29/h11-13,15-24,28-32,34-38H,5-10H2,1-4H3,(H,27,33)(H,39,40)/t11-,12?,13+,15-,16+,17-,18+,19?,20?,21?,22?,23?,24?,26-/m1/s1. The third kappa shape index (κ3) is 11.8. The summed E-state index contributed by atoms with van der Waals surface area (Å²) in [5, 5.41) is 112. The first kappa shape index (κ1) is 41.4. The van der Waals surface area contributed by atoms with Crippen LogP contribution in [0.1, 0.15) is 34.1 Å². The molecule has 1 aliphatic heterocycles. The molecule has 19 nitrogen and oxygen atoms in total. The van der Waals surface area contributed by atoms with Crippen LogP contribution < -0.4 is 5.32 Å². The van der Waals surface area contributed by atoms with Crippen molar-refractivity contribution in [3.63, 3.8) is 0 Å². The van der Waals surface area contributed by atoms with Gasteiger partial charge in [0, 0.05) is 13.3 Å². The van der Waals surface area contributed by atoms with Crippen LogP contribution in [0.3, 0.4) is 0 Å². The number of carboxylic acids is 1. The van der Waals surface area contributed by atoms with Gasteiger partial charge in [0.25, 0.3) is 5.79 Å². The SMILES string of the molecule is CC(=O)NC1C(C(O)[C@H](O)CO)O[C@@](OCC(OC(O[C@@H](C)C(CO)OC(C)[C@@H](O)CO)[C@@H](O)CO)[C@@H](C)O)(C(=O)O)C[C@H]1O. The quantitative estimate of drug-likeness (QED) is 0.0509. The lowest BCUT2D eigenvalue weighted by Gasteiger charge is -2.46. The van der Waals surface area contributed by atoms with Crippen LogP contribution in [0.15, 0.2) is 0 Å². The Kier molecular flexibility index (Phi) is 17.7. The highest BCUT2D eigenvalue weighted by Gasteiger charge is 2.56. The summed E-state index contributed by atoms with van der Waals surface area (Å²) in [5.74, 6) is -5.27. The molecule has 45 heavy (non-hydrogen) atoms. The average molecular weight is 664 g/mol. The molecule has 7 unspecified atom stereocenters. The van der Waals surface area contributed by atoms with Crippen molar-refractivity contribution in [1.82, 2.24) is 5.32 Å². The van der Waals surface area contributed by atoms with Crippen LogP contribution >= 0.6 is 0 Å². The summed E-state index contributed by atoms with van der Waals surface area (Å²) in [7, 11) is 0. The first-order valence-corrected chi connectivity index (χ1v) is 14.3. The lowest BCUT2D eigenvalue weighted by molar-refractivity contribution is -0.326. The van der Waals surface area contributed by atoms with Gasteiger partial charge in [-0.25, -0.2) is 4.79 Å². The van der Waals surface area contributed by atoms with Gasteiger partial charge in [-0.1, -0.05) is 0 Å². The van der Waals surface area contributed by atoms with E-state index in [0.29, 0.717) is 0 Å². The lowest BCUT2D eigenvalue weighted by Crippen LogP contribution is -2.68. The second-order valence-electron chi connectivity index (χ2n) is 10.9. The fourth-order valence-electron chi connectivity index (χ4n) is 4.37. The van der Waals surface area contributed by atoms with Crippen LogP contribution in [0.25, 0.3) is 0 Å². The second kappa shape index (κ2) is 19.2. The van der Waals surface area contributed by atoms with Crippen molar-refractivity contribution in [2.75, 3.05) is 33.0 Å². The topological polar surface area (TPSA) is 315 Å². The molecule has 1 heterocycles. The van der Waals surface area contributed by atoms with Gasteiger partial charge in [-0.2, -0.15) is 0 Å². The van der Waals surface area contributed by atoms with Crippen LogP contribution in [0, 0.1) is 0 Å². The Hall–Kier alpha value is -1.66. The highest BCUT2D eigenvalue weighted by molar-refractivity contribution is 5.76. The van der Waals surface area contributed by atoms with E-state index in [-0.39, 0.29) is 0 Å². The number of hydrogen-bond donors (Lipinski definition) is 12. The van der Waals surface area contributed by atoms with Crippen molar-refractivity contribution in [1.29, 1.82) is 0 Å². The molecule has 1 fully saturated rings. The van der Waals surface area contributed by atoms with Crippen LogP contribution in [-0.2, 0) is 33.3 Å². The zero-order valence-electron chi connectivity index (χ0n) is 25.5. The Morgan fingerprint density at radius 3 is 1.89 bits per heavy atom. The van der Waals surface area contributed by atoms with E-state index in [1.165, 1.54) is 20.8 Å². The average Bonchev–Trinajstić information content (AvgIpc) is 2.99. The number of aliphatic hydroxyl groups excluding tert-OH is 10. The predicted octanol–water partition coefficient (Wildman–Crippen LogP) is -5.88. The van der Waals surface area contributed by atoms with Crippen molar-refractivity contribution < 1.29 is 89.4 Å². The smallest absolute Gasteiger partial charge is 0.364 e. The molecule has 0 aromatic rings. The van der Waals surface area contributed by atoms with Crippen molar-refractivity contribution in [3.8, 4) is 0 Å². The Balaban J connectivity index is 3.23. The van der Waals surface area contributed by atoms with E-state index in [4.69, 9.17) is 28.8 Å². The fraction of sp³-hybridized carbons (Fsp3) is 0.923. The lowest BCUT2D eigenvalue weighted by atomic mass is 9.88.